The van der Waals surface area contributed by atoms with Crippen molar-refractivity contribution in [1.82, 2.24) is 0 Å². The molecule has 1 aromatic rings. The highest BCUT2D eigenvalue weighted by Gasteiger charge is 2.22. The fraction of sp³-hybridized carbons (Fsp3) is 0.462. The number of ether oxygens (including phenoxy) is 1. The third kappa shape index (κ3) is 4.01. The number of nitrogens with zero attached hydrogens (tertiary/aromatic N) is 1. The number of hydrogen-bond donors (Lipinski definition) is 0. The van der Waals surface area contributed by atoms with E-state index in [1.807, 2.05) is 13.8 Å². The van der Waals surface area contributed by atoms with Crippen LogP contribution in [0.3, 0.4) is 0 Å². The Morgan fingerprint density at radius 2 is 2.05 bits per heavy atom. The number of rotatable bonds is 6. The van der Waals surface area contributed by atoms with Gasteiger partial charge in [-0.05, 0) is 18.1 Å². The largest absolute Gasteiger partial charge is 0.462 e. The van der Waals surface area contributed by atoms with Crippen molar-refractivity contribution >= 4 is 11.7 Å². The minimum atomic E-state index is -0.863. The Morgan fingerprint density at radius 3 is 2.58 bits per heavy atom. The molecule has 0 N–H and O–H groups in total. The summed E-state index contributed by atoms with van der Waals surface area (Å²) in [6.45, 7) is 4.11. The zero-order chi connectivity index (χ0) is 14.4. The van der Waals surface area contributed by atoms with Gasteiger partial charge >= 0.3 is 5.97 Å². The van der Waals surface area contributed by atoms with Crippen LogP contribution in [0.5, 0.6) is 0 Å². The van der Waals surface area contributed by atoms with Crippen molar-refractivity contribution < 1.29 is 18.8 Å². The maximum Gasteiger partial charge on any atom is 0.345 e. The van der Waals surface area contributed by atoms with E-state index in [4.69, 9.17) is 4.74 Å². The number of hydrogen-bond acceptors (Lipinski definition) is 4. The van der Waals surface area contributed by atoms with Crippen molar-refractivity contribution in [3.8, 4) is 0 Å². The predicted molar refractivity (Wildman–Crippen MR) is 67.4 cm³/mol. The zero-order valence-corrected chi connectivity index (χ0v) is 10.9. The van der Waals surface area contributed by atoms with Crippen molar-refractivity contribution in [3.05, 3.63) is 39.7 Å². The van der Waals surface area contributed by atoms with Crippen molar-refractivity contribution in [3.63, 3.8) is 0 Å². The summed E-state index contributed by atoms with van der Waals surface area (Å²) in [5.74, 6) is -1.37. The standard InChI is InChI=1S/C13H16FNO4/c1-3-9(4-2)8-19-13(16)11-7-10(14)5-6-12(11)15(17)18/h5-7,9H,3-4,8H2,1-2H3. The molecule has 0 radical (unpaired) electrons. The second-order valence-corrected chi connectivity index (χ2v) is 4.20. The molecule has 104 valence electrons. The van der Waals surface area contributed by atoms with E-state index in [2.05, 4.69) is 0 Å². The van der Waals surface area contributed by atoms with Crippen LogP contribution in [0.15, 0.2) is 18.2 Å². The van der Waals surface area contributed by atoms with Gasteiger partial charge in [-0.2, -0.15) is 0 Å². The minimum absolute atomic E-state index is 0.180. The molecule has 6 heteroatoms. The van der Waals surface area contributed by atoms with Gasteiger partial charge in [-0.25, -0.2) is 9.18 Å². The van der Waals surface area contributed by atoms with E-state index in [1.165, 1.54) is 0 Å². The normalized spacial score (nSPS) is 10.5. The third-order valence-corrected chi connectivity index (χ3v) is 2.98. The highest BCUT2D eigenvalue weighted by atomic mass is 19.1. The van der Waals surface area contributed by atoms with Gasteiger partial charge < -0.3 is 4.74 Å². The molecule has 0 saturated heterocycles. The topological polar surface area (TPSA) is 69.4 Å². The molecule has 0 aliphatic carbocycles. The van der Waals surface area contributed by atoms with E-state index in [-0.39, 0.29) is 18.1 Å². The first-order chi connectivity index (χ1) is 8.99. The van der Waals surface area contributed by atoms with E-state index in [1.54, 1.807) is 0 Å². The summed E-state index contributed by atoms with van der Waals surface area (Å²) < 4.78 is 18.1. The van der Waals surface area contributed by atoms with Crippen molar-refractivity contribution in [2.45, 2.75) is 26.7 Å². The first-order valence-corrected chi connectivity index (χ1v) is 6.10. The molecule has 19 heavy (non-hydrogen) atoms. The smallest absolute Gasteiger partial charge is 0.345 e. The highest BCUT2D eigenvalue weighted by molar-refractivity contribution is 5.93. The summed E-state index contributed by atoms with van der Waals surface area (Å²) in [4.78, 5) is 21.8. The molecular weight excluding hydrogens is 253 g/mol. The van der Waals surface area contributed by atoms with Crippen LogP contribution in [0.25, 0.3) is 0 Å². The number of carbonyl (C=O) groups is 1. The molecule has 0 fully saturated rings. The Bertz CT molecular complexity index is 472. The molecule has 0 spiro atoms. The van der Waals surface area contributed by atoms with Gasteiger partial charge in [0.1, 0.15) is 11.4 Å². The van der Waals surface area contributed by atoms with Crippen LogP contribution >= 0.6 is 0 Å². The lowest BCUT2D eigenvalue weighted by Gasteiger charge is -2.12. The van der Waals surface area contributed by atoms with Crippen LogP contribution in [0.4, 0.5) is 10.1 Å². The Labute approximate surface area is 110 Å². The van der Waals surface area contributed by atoms with Crippen LogP contribution in [0.2, 0.25) is 0 Å². The summed E-state index contributed by atoms with van der Waals surface area (Å²) in [5, 5.41) is 10.8. The van der Waals surface area contributed by atoms with E-state index < -0.39 is 22.4 Å². The second kappa shape index (κ2) is 6.82. The molecule has 0 aliphatic rings. The molecule has 0 unspecified atom stereocenters. The molecular formula is C13H16FNO4. The Balaban J connectivity index is 2.87. The Kier molecular flexibility index (Phi) is 5.41. The molecule has 5 nitrogen and oxygen atoms in total. The lowest BCUT2D eigenvalue weighted by Crippen LogP contribution is -2.14. The first kappa shape index (κ1) is 15.1. The number of halogens is 1. The van der Waals surface area contributed by atoms with Gasteiger partial charge in [0, 0.05) is 6.07 Å². The molecule has 0 amide bonds. The van der Waals surface area contributed by atoms with Gasteiger partial charge in [-0.15, -0.1) is 0 Å². The van der Waals surface area contributed by atoms with Gasteiger partial charge in [0.25, 0.3) is 5.69 Å². The quantitative estimate of drug-likeness (QED) is 0.451. The lowest BCUT2D eigenvalue weighted by atomic mass is 10.1. The number of nitro benzene ring substituents is 1. The molecule has 0 saturated carbocycles. The average Bonchev–Trinajstić information content (AvgIpc) is 2.39. The van der Waals surface area contributed by atoms with Crippen LogP contribution in [-0.4, -0.2) is 17.5 Å². The molecule has 1 aromatic carbocycles. The van der Waals surface area contributed by atoms with Crippen LogP contribution in [0.1, 0.15) is 37.0 Å². The predicted octanol–water partition coefficient (Wildman–Crippen LogP) is 3.33. The summed E-state index contributed by atoms with van der Waals surface area (Å²) in [5.41, 5.74) is -0.799. The number of nitro groups is 1. The highest BCUT2D eigenvalue weighted by Crippen LogP contribution is 2.21. The maximum atomic E-state index is 13.1. The maximum absolute atomic E-state index is 13.1. The monoisotopic (exact) mass is 269 g/mol. The number of esters is 1. The van der Waals surface area contributed by atoms with Crippen LogP contribution < -0.4 is 0 Å². The van der Waals surface area contributed by atoms with E-state index in [0.29, 0.717) is 0 Å². The van der Waals surface area contributed by atoms with Crippen molar-refractivity contribution in [2.24, 2.45) is 5.92 Å². The number of benzene rings is 1. The molecule has 0 aromatic heterocycles. The second-order valence-electron chi connectivity index (χ2n) is 4.20. The molecule has 0 bridgehead atoms. The Morgan fingerprint density at radius 1 is 1.42 bits per heavy atom. The van der Waals surface area contributed by atoms with Gasteiger partial charge in [0.05, 0.1) is 11.5 Å². The molecule has 0 aliphatic heterocycles. The van der Waals surface area contributed by atoms with Crippen LogP contribution in [0, 0.1) is 21.8 Å². The fourth-order valence-electron chi connectivity index (χ4n) is 1.63. The van der Waals surface area contributed by atoms with E-state index >= 15 is 0 Å². The van der Waals surface area contributed by atoms with E-state index in [9.17, 15) is 19.3 Å². The zero-order valence-electron chi connectivity index (χ0n) is 10.9. The summed E-state index contributed by atoms with van der Waals surface area (Å²) in [6.07, 6.45) is 1.68. The van der Waals surface area contributed by atoms with Crippen LogP contribution in [-0.2, 0) is 4.74 Å². The van der Waals surface area contributed by atoms with Crippen molar-refractivity contribution in [2.75, 3.05) is 6.61 Å². The van der Waals surface area contributed by atoms with Gasteiger partial charge in [0.15, 0.2) is 0 Å². The molecule has 0 heterocycles. The third-order valence-electron chi connectivity index (χ3n) is 2.98. The number of carbonyl (C=O) groups excluding carboxylic acids is 1. The van der Waals surface area contributed by atoms with Gasteiger partial charge in [-0.3, -0.25) is 10.1 Å². The Hall–Kier alpha value is -1.98. The fourth-order valence-corrected chi connectivity index (χ4v) is 1.63. The average molecular weight is 269 g/mol. The summed E-state index contributed by atoms with van der Waals surface area (Å²) >= 11 is 0. The summed E-state index contributed by atoms with van der Waals surface area (Å²) in [6, 6.07) is 2.73. The molecule has 0 atom stereocenters. The molecule has 1 rings (SSSR count). The minimum Gasteiger partial charge on any atom is -0.462 e. The first-order valence-electron chi connectivity index (χ1n) is 6.10. The van der Waals surface area contributed by atoms with Gasteiger partial charge in [-0.1, -0.05) is 26.7 Å². The SMILES string of the molecule is CCC(CC)COC(=O)c1cc(F)ccc1[N+](=O)[O-]. The lowest BCUT2D eigenvalue weighted by molar-refractivity contribution is -0.385. The van der Waals surface area contributed by atoms with E-state index in [0.717, 1.165) is 31.0 Å². The van der Waals surface area contributed by atoms with Crippen molar-refractivity contribution in [1.29, 1.82) is 0 Å². The summed E-state index contributed by atoms with van der Waals surface area (Å²) in [7, 11) is 0. The van der Waals surface area contributed by atoms with Gasteiger partial charge in [0.2, 0.25) is 0 Å².